The molecule has 5 heteroatoms. The molecule has 1 aromatic heterocycles. The fraction of sp³-hybridized carbons (Fsp3) is 0.474. The number of hydrogen-bond acceptors (Lipinski definition) is 3. The molecule has 0 aliphatic carbocycles. The van der Waals surface area contributed by atoms with E-state index >= 15 is 0 Å². The van der Waals surface area contributed by atoms with E-state index in [9.17, 15) is 4.79 Å². The van der Waals surface area contributed by atoms with Crippen LogP contribution >= 0.6 is 0 Å². The minimum absolute atomic E-state index is 0.206. The molecule has 24 heavy (non-hydrogen) atoms. The van der Waals surface area contributed by atoms with Gasteiger partial charge in [0.25, 0.3) is 0 Å². The molecule has 2 aliphatic heterocycles. The van der Waals surface area contributed by atoms with Gasteiger partial charge >= 0.3 is 6.09 Å². The Kier molecular flexibility index (Phi) is 3.41. The van der Waals surface area contributed by atoms with E-state index in [0.717, 1.165) is 19.5 Å². The van der Waals surface area contributed by atoms with Crippen molar-refractivity contribution in [3.63, 3.8) is 0 Å². The van der Waals surface area contributed by atoms with Crippen molar-refractivity contribution in [2.75, 3.05) is 13.1 Å². The first kappa shape index (κ1) is 15.2. The van der Waals surface area contributed by atoms with E-state index in [1.807, 2.05) is 38.2 Å². The normalized spacial score (nSPS) is 22.4. The quantitative estimate of drug-likeness (QED) is 0.803. The summed E-state index contributed by atoms with van der Waals surface area (Å²) in [5, 5.41) is 0. The monoisotopic (exact) mass is 325 g/mol. The molecule has 3 heterocycles. The third-order valence-electron chi connectivity index (χ3n) is 4.84. The highest BCUT2D eigenvalue weighted by Gasteiger charge is 2.39. The fourth-order valence-corrected chi connectivity index (χ4v) is 3.89. The summed E-state index contributed by atoms with van der Waals surface area (Å²) in [6.45, 7) is 7.20. The number of rotatable bonds is 1. The summed E-state index contributed by atoms with van der Waals surface area (Å²) in [6, 6.07) is 8.77. The smallest absolute Gasteiger partial charge is 0.410 e. The highest BCUT2D eigenvalue weighted by molar-refractivity contribution is 5.70. The van der Waals surface area contributed by atoms with Crippen LogP contribution in [0.5, 0.6) is 0 Å². The Morgan fingerprint density at radius 3 is 2.88 bits per heavy atom. The zero-order valence-corrected chi connectivity index (χ0v) is 14.4. The Morgan fingerprint density at radius 1 is 1.29 bits per heavy atom. The fourth-order valence-electron chi connectivity index (χ4n) is 3.89. The van der Waals surface area contributed by atoms with Gasteiger partial charge in [0.1, 0.15) is 5.60 Å². The summed E-state index contributed by atoms with van der Waals surface area (Å²) in [4.78, 5) is 18.5. The predicted molar refractivity (Wildman–Crippen MR) is 91.7 cm³/mol. The number of likely N-dealkylation sites (tertiary alicyclic amines) is 1. The van der Waals surface area contributed by atoms with Gasteiger partial charge in [-0.15, -0.1) is 0 Å². The van der Waals surface area contributed by atoms with Gasteiger partial charge in [-0.2, -0.15) is 0 Å². The molecule has 0 spiro atoms. The molecule has 126 valence electrons. The molecular formula is C19H23N3O2. The molecule has 0 bridgehead atoms. The number of hydrogen-bond donors (Lipinski definition) is 0. The van der Waals surface area contributed by atoms with Gasteiger partial charge in [0.15, 0.2) is 0 Å². The molecule has 2 unspecified atom stereocenters. The van der Waals surface area contributed by atoms with E-state index in [2.05, 4.69) is 33.8 Å². The molecule has 1 amide bonds. The lowest BCUT2D eigenvalue weighted by Crippen LogP contribution is -2.35. The molecule has 2 aliphatic rings. The Labute approximate surface area is 142 Å². The Balaban J connectivity index is 1.57. The van der Waals surface area contributed by atoms with E-state index in [4.69, 9.17) is 4.74 Å². The first-order valence-corrected chi connectivity index (χ1v) is 8.53. The van der Waals surface area contributed by atoms with Crippen molar-refractivity contribution in [2.24, 2.45) is 5.92 Å². The number of ether oxygens (including phenoxy) is 1. The Hall–Kier alpha value is -2.30. The van der Waals surface area contributed by atoms with Crippen molar-refractivity contribution in [2.45, 2.75) is 38.8 Å². The van der Waals surface area contributed by atoms with Gasteiger partial charge in [-0.25, -0.2) is 9.78 Å². The average molecular weight is 325 g/mol. The van der Waals surface area contributed by atoms with E-state index < -0.39 is 5.60 Å². The summed E-state index contributed by atoms with van der Waals surface area (Å²) < 4.78 is 7.78. The van der Waals surface area contributed by atoms with Crippen molar-refractivity contribution < 1.29 is 9.53 Å². The van der Waals surface area contributed by atoms with Crippen LogP contribution in [-0.2, 0) is 4.74 Å². The van der Waals surface area contributed by atoms with Gasteiger partial charge in [-0.05, 0) is 32.8 Å². The predicted octanol–water partition coefficient (Wildman–Crippen LogP) is 3.71. The second-order valence-corrected chi connectivity index (χ2v) is 7.69. The van der Waals surface area contributed by atoms with Crippen molar-refractivity contribution in [1.82, 2.24) is 14.5 Å². The van der Waals surface area contributed by atoms with Gasteiger partial charge in [0, 0.05) is 24.6 Å². The minimum atomic E-state index is -0.452. The number of benzene rings is 1. The largest absolute Gasteiger partial charge is 0.444 e. The third kappa shape index (κ3) is 2.48. The van der Waals surface area contributed by atoms with Crippen molar-refractivity contribution in [3.05, 3.63) is 42.4 Å². The number of nitrogens with zero attached hydrogens (tertiary/aromatic N) is 3. The maximum atomic E-state index is 12.3. The molecule has 1 saturated heterocycles. The highest BCUT2D eigenvalue weighted by atomic mass is 16.6. The number of fused-ring (bicyclic) bond motifs is 3. The van der Waals surface area contributed by atoms with Crippen molar-refractivity contribution in [3.8, 4) is 11.3 Å². The molecule has 0 saturated carbocycles. The lowest BCUT2D eigenvalue weighted by atomic mass is 9.92. The van der Waals surface area contributed by atoms with E-state index in [0.29, 0.717) is 5.92 Å². The van der Waals surface area contributed by atoms with Gasteiger partial charge < -0.3 is 14.2 Å². The molecule has 0 N–H and O–H groups in total. The summed E-state index contributed by atoms with van der Waals surface area (Å²) >= 11 is 0. The molecule has 2 aromatic rings. The average Bonchev–Trinajstić information content (AvgIpc) is 3.20. The molecule has 1 fully saturated rings. The molecule has 4 rings (SSSR count). The number of amides is 1. The number of carbonyl (C=O) groups is 1. The van der Waals surface area contributed by atoms with Crippen LogP contribution in [0, 0.1) is 5.92 Å². The molecule has 2 atom stereocenters. The van der Waals surface area contributed by atoms with Crippen LogP contribution in [0.4, 0.5) is 4.79 Å². The molecular weight excluding hydrogens is 302 g/mol. The van der Waals surface area contributed by atoms with Gasteiger partial charge in [0.2, 0.25) is 0 Å². The second-order valence-electron chi connectivity index (χ2n) is 7.69. The van der Waals surface area contributed by atoms with Crippen LogP contribution in [0.15, 0.2) is 36.8 Å². The Bertz CT molecular complexity index is 775. The first-order valence-electron chi connectivity index (χ1n) is 8.53. The minimum Gasteiger partial charge on any atom is -0.444 e. The standard InChI is InChI=1S/C19H23N3O2/c1-19(2,3)24-18(23)21-9-8-13(11-21)17-15-7-5-4-6-14(15)16-10-20-12-22(16)17/h4-7,10,12-13,17H,8-9,11H2,1-3H3. The summed E-state index contributed by atoms with van der Waals surface area (Å²) in [6.07, 6.45) is 4.62. The van der Waals surface area contributed by atoms with Gasteiger partial charge in [-0.1, -0.05) is 24.3 Å². The second kappa shape index (κ2) is 5.36. The van der Waals surface area contributed by atoms with Gasteiger partial charge in [-0.3, -0.25) is 0 Å². The summed E-state index contributed by atoms with van der Waals surface area (Å²) in [7, 11) is 0. The van der Waals surface area contributed by atoms with Crippen LogP contribution in [0.2, 0.25) is 0 Å². The summed E-state index contributed by atoms with van der Waals surface area (Å²) in [5.41, 5.74) is 3.32. The maximum Gasteiger partial charge on any atom is 0.410 e. The van der Waals surface area contributed by atoms with Crippen LogP contribution in [0.3, 0.4) is 0 Å². The van der Waals surface area contributed by atoms with E-state index in [1.165, 1.54) is 16.8 Å². The SMILES string of the molecule is CC(C)(C)OC(=O)N1CCC(C2c3ccccc3-c3cncn32)C1. The third-order valence-corrected chi connectivity index (χ3v) is 4.84. The van der Waals surface area contributed by atoms with Crippen LogP contribution < -0.4 is 0 Å². The first-order chi connectivity index (χ1) is 11.4. The number of aromatic nitrogens is 2. The zero-order valence-electron chi connectivity index (χ0n) is 14.4. The van der Waals surface area contributed by atoms with E-state index in [-0.39, 0.29) is 12.1 Å². The number of carbonyl (C=O) groups excluding carboxylic acids is 1. The van der Waals surface area contributed by atoms with Crippen LogP contribution in [0.25, 0.3) is 11.3 Å². The van der Waals surface area contributed by atoms with Crippen LogP contribution in [-0.4, -0.2) is 39.2 Å². The molecule has 1 aromatic carbocycles. The lowest BCUT2D eigenvalue weighted by molar-refractivity contribution is 0.0285. The zero-order chi connectivity index (χ0) is 16.9. The van der Waals surface area contributed by atoms with Crippen molar-refractivity contribution >= 4 is 6.09 Å². The van der Waals surface area contributed by atoms with Crippen LogP contribution in [0.1, 0.15) is 38.8 Å². The maximum absolute atomic E-state index is 12.3. The lowest BCUT2D eigenvalue weighted by Gasteiger charge is -2.26. The topological polar surface area (TPSA) is 47.4 Å². The number of imidazole rings is 1. The highest BCUT2D eigenvalue weighted by Crippen LogP contribution is 2.45. The van der Waals surface area contributed by atoms with Gasteiger partial charge in [0.05, 0.1) is 24.3 Å². The molecule has 0 radical (unpaired) electrons. The summed E-state index contributed by atoms with van der Waals surface area (Å²) in [5.74, 6) is 0.383. The molecule has 5 nitrogen and oxygen atoms in total. The van der Waals surface area contributed by atoms with E-state index in [1.54, 1.807) is 0 Å². The van der Waals surface area contributed by atoms with Crippen molar-refractivity contribution in [1.29, 1.82) is 0 Å². The Morgan fingerprint density at radius 2 is 2.08 bits per heavy atom.